The largest absolute Gasteiger partial charge is 0.331 e. The van der Waals surface area contributed by atoms with Crippen molar-refractivity contribution in [1.82, 2.24) is 24.7 Å². The molecule has 0 radical (unpaired) electrons. The molecule has 1 aromatic carbocycles. The van der Waals surface area contributed by atoms with E-state index in [1.54, 1.807) is 0 Å². The summed E-state index contributed by atoms with van der Waals surface area (Å²) in [4.78, 5) is 22.1. The number of hydrogen-bond donors (Lipinski definition) is 1. The molecule has 1 unspecified atom stereocenters. The van der Waals surface area contributed by atoms with Gasteiger partial charge in [-0.15, -0.1) is 0 Å². The van der Waals surface area contributed by atoms with Gasteiger partial charge in [-0.1, -0.05) is 44.2 Å². The van der Waals surface area contributed by atoms with Crippen molar-refractivity contribution in [1.29, 1.82) is 0 Å². The average Bonchev–Trinajstić information content (AvgIpc) is 3.17. The normalized spacial score (nSPS) is 15.5. The van der Waals surface area contributed by atoms with Crippen molar-refractivity contribution in [3.05, 3.63) is 71.5 Å². The van der Waals surface area contributed by atoms with E-state index in [2.05, 4.69) is 78.9 Å². The molecule has 2 amide bonds. The van der Waals surface area contributed by atoms with Gasteiger partial charge in [0, 0.05) is 49.7 Å². The molecule has 6 heteroatoms. The number of urea groups is 1. The monoisotopic (exact) mass is 459 g/mol. The molecular weight excluding hydrogens is 422 g/mol. The number of carbonyl (C=O) groups is 1. The maximum atomic E-state index is 12.8. The van der Waals surface area contributed by atoms with Crippen LogP contribution >= 0.6 is 0 Å². The highest BCUT2D eigenvalue weighted by atomic mass is 16.2. The number of hydrogen-bond acceptors (Lipinski definition) is 3. The summed E-state index contributed by atoms with van der Waals surface area (Å²) in [5.41, 5.74) is 5.43. The first-order valence-corrected chi connectivity index (χ1v) is 12.3. The molecule has 34 heavy (non-hydrogen) atoms. The molecule has 1 aliphatic rings. The summed E-state index contributed by atoms with van der Waals surface area (Å²) < 4.78 is 2.16. The Morgan fingerprint density at radius 1 is 0.912 bits per heavy atom. The van der Waals surface area contributed by atoms with Crippen molar-refractivity contribution < 1.29 is 4.79 Å². The Balaban J connectivity index is 1.38. The van der Waals surface area contributed by atoms with E-state index in [4.69, 9.17) is 4.98 Å². The van der Waals surface area contributed by atoms with Crippen LogP contribution in [0.15, 0.2) is 54.6 Å². The van der Waals surface area contributed by atoms with Gasteiger partial charge in [-0.3, -0.25) is 4.90 Å². The molecule has 0 aliphatic carbocycles. The van der Waals surface area contributed by atoms with Gasteiger partial charge in [0.25, 0.3) is 0 Å². The first kappa shape index (κ1) is 24.0. The van der Waals surface area contributed by atoms with Crippen LogP contribution in [0.3, 0.4) is 0 Å². The number of piperazine rings is 1. The number of aryl methyl sites for hydroxylation is 2. The predicted molar refractivity (Wildman–Crippen MR) is 138 cm³/mol. The fourth-order valence-corrected chi connectivity index (χ4v) is 4.69. The minimum Gasteiger partial charge on any atom is -0.331 e. The third-order valence-electron chi connectivity index (χ3n) is 6.56. The number of benzene rings is 1. The van der Waals surface area contributed by atoms with Crippen LogP contribution < -0.4 is 5.32 Å². The van der Waals surface area contributed by atoms with Gasteiger partial charge in [0.2, 0.25) is 0 Å². The Kier molecular flexibility index (Phi) is 7.37. The SMILES string of the molecule is Cc1ccc(C)n1-c1cccc(-c2ccc(C(C)NC(=O)N3CCN(CC(C)C)CC3)cc2)n1. The van der Waals surface area contributed by atoms with Crippen LogP contribution in [0.25, 0.3) is 17.1 Å². The van der Waals surface area contributed by atoms with Crippen LogP contribution in [0.1, 0.15) is 43.8 Å². The van der Waals surface area contributed by atoms with Gasteiger partial charge in [0.05, 0.1) is 11.7 Å². The summed E-state index contributed by atoms with van der Waals surface area (Å²) >= 11 is 0. The highest BCUT2D eigenvalue weighted by Crippen LogP contribution is 2.23. The molecule has 180 valence electrons. The minimum atomic E-state index is -0.0558. The van der Waals surface area contributed by atoms with E-state index in [1.165, 1.54) is 11.4 Å². The summed E-state index contributed by atoms with van der Waals surface area (Å²) in [6.07, 6.45) is 0. The summed E-state index contributed by atoms with van der Waals surface area (Å²) in [6.45, 7) is 15.3. The zero-order valence-corrected chi connectivity index (χ0v) is 21.1. The molecule has 1 saturated heterocycles. The first-order chi connectivity index (χ1) is 16.3. The lowest BCUT2D eigenvalue weighted by molar-refractivity contribution is 0.129. The number of pyridine rings is 1. The van der Waals surface area contributed by atoms with Gasteiger partial charge in [-0.2, -0.15) is 0 Å². The van der Waals surface area contributed by atoms with E-state index in [9.17, 15) is 4.79 Å². The van der Waals surface area contributed by atoms with Crippen LogP contribution in [0, 0.1) is 19.8 Å². The van der Waals surface area contributed by atoms with E-state index in [1.807, 2.05) is 30.0 Å². The van der Waals surface area contributed by atoms with Crippen LogP contribution in [0.4, 0.5) is 4.79 Å². The first-order valence-electron chi connectivity index (χ1n) is 12.3. The fraction of sp³-hybridized carbons (Fsp3) is 0.429. The molecular formula is C28H37N5O. The maximum Gasteiger partial charge on any atom is 0.317 e. The number of nitrogens with one attached hydrogen (secondary N) is 1. The Labute approximate surface area is 203 Å². The van der Waals surface area contributed by atoms with E-state index in [-0.39, 0.29) is 12.1 Å². The van der Waals surface area contributed by atoms with Crippen molar-refractivity contribution >= 4 is 6.03 Å². The Hall–Kier alpha value is -3.12. The molecule has 1 atom stereocenters. The van der Waals surface area contributed by atoms with Crippen LogP contribution in [0.5, 0.6) is 0 Å². The molecule has 2 aromatic heterocycles. The second-order valence-electron chi connectivity index (χ2n) is 9.81. The van der Waals surface area contributed by atoms with E-state index >= 15 is 0 Å². The van der Waals surface area contributed by atoms with Crippen LogP contribution in [-0.2, 0) is 0 Å². The summed E-state index contributed by atoms with van der Waals surface area (Å²) in [5, 5.41) is 3.17. The zero-order valence-electron chi connectivity index (χ0n) is 21.1. The smallest absolute Gasteiger partial charge is 0.317 e. The third-order valence-corrected chi connectivity index (χ3v) is 6.56. The molecule has 3 aromatic rings. The number of aromatic nitrogens is 2. The highest BCUT2D eigenvalue weighted by molar-refractivity contribution is 5.75. The lowest BCUT2D eigenvalue weighted by atomic mass is 10.0. The molecule has 1 fully saturated rings. The highest BCUT2D eigenvalue weighted by Gasteiger charge is 2.22. The number of amides is 2. The lowest BCUT2D eigenvalue weighted by Crippen LogP contribution is -2.52. The van der Waals surface area contributed by atoms with E-state index < -0.39 is 0 Å². The van der Waals surface area contributed by atoms with E-state index in [0.29, 0.717) is 5.92 Å². The van der Waals surface area contributed by atoms with Crippen LogP contribution in [-0.4, -0.2) is 58.1 Å². The van der Waals surface area contributed by atoms with Crippen molar-refractivity contribution in [2.24, 2.45) is 5.92 Å². The van der Waals surface area contributed by atoms with Gasteiger partial charge in [-0.05, 0) is 56.5 Å². The summed E-state index contributed by atoms with van der Waals surface area (Å²) in [6, 6.07) is 18.7. The Bertz CT molecular complexity index is 1090. The Morgan fingerprint density at radius 3 is 2.18 bits per heavy atom. The second kappa shape index (κ2) is 10.4. The summed E-state index contributed by atoms with van der Waals surface area (Å²) in [7, 11) is 0. The average molecular weight is 460 g/mol. The van der Waals surface area contributed by atoms with Crippen molar-refractivity contribution in [2.45, 2.75) is 40.7 Å². The topological polar surface area (TPSA) is 53.4 Å². The molecule has 3 heterocycles. The van der Waals surface area contributed by atoms with Crippen LogP contribution in [0.2, 0.25) is 0 Å². The molecule has 0 saturated carbocycles. The lowest BCUT2D eigenvalue weighted by Gasteiger charge is -2.36. The number of rotatable bonds is 6. The molecule has 1 aliphatic heterocycles. The molecule has 6 nitrogen and oxygen atoms in total. The Morgan fingerprint density at radius 2 is 1.56 bits per heavy atom. The van der Waals surface area contributed by atoms with Gasteiger partial charge in [0.1, 0.15) is 5.82 Å². The molecule has 1 N–H and O–H groups in total. The van der Waals surface area contributed by atoms with Gasteiger partial charge < -0.3 is 14.8 Å². The van der Waals surface area contributed by atoms with Crippen molar-refractivity contribution in [3.8, 4) is 17.1 Å². The minimum absolute atomic E-state index is 0.0209. The van der Waals surface area contributed by atoms with Crippen molar-refractivity contribution in [2.75, 3.05) is 32.7 Å². The number of nitrogens with zero attached hydrogens (tertiary/aromatic N) is 4. The number of carbonyl (C=O) groups excluding carboxylic acids is 1. The third kappa shape index (κ3) is 5.50. The van der Waals surface area contributed by atoms with Gasteiger partial charge in [0.15, 0.2) is 0 Å². The van der Waals surface area contributed by atoms with Gasteiger partial charge >= 0.3 is 6.03 Å². The molecule has 4 rings (SSSR count). The predicted octanol–water partition coefficient (Wildman–Crippen LogP) is 5.20. The molecule has 0 spiro atoms. The standard InChI is InChI=1S/C28H37N5O/c1-20(2)19-31-15-17-32(18-16-31)28(34)29-23(5)24-11-13-25(14-12-24)26-7-6-8-27(30-26)33-21(3)9-10-22(33)4/h6-14,20,23H,15-19H2,1-5H3,(H,29,34). The summed E-state index contributed by atoms with van der Waals surface area (Å²) in [5.74, 6) is 1.58. The van der Waals surface area contributed by atoms with Crippen molar-refractivity contribution in [3.63, 3.8) is 0 Å². The zero-order chi connectivity index (χ0) is 24.2. The quantitative estimate of drug-likeness (QED) is 0.551. The van der Waals surface area contributed by atoms with Gasteiger partial charge in [-0.25, -0.2) is 9.78 Å². The maximum absolute atomic E-state index is 12.8. The second-order valence-corrected chi connectivity index (χ2v) is 9.81. The molecule has 0 bridgehead atoms. The van der Waals surface area contributed by atoms with E-state index in [0.717, 1.165) is 55.4 Å². The fourth-order valence-electron chi connectivity index (χ4n) is 4.69.